The van der Waals surface area contributed by atoms with E-state index < -0.39 is 0 Å². The van der Waals surface area contributed by atoms with Gasteiger partial charge in [-0.25, -0.2) is 4.98 Å². The van der Waals surface area contributed by atoms with E-state index >= 15 is 0 Å². The monoisotopic (exact) mass is 399 g/mol. The Kier molecular flexibility index (Phi) is 3.28. The molecule has 0 aliphatic rings. The molecule has 0 fully saturated rings. The smallest absolute Gasteiger partial charge is 0.205 e. The molecule has 2 N–H and O–H groups in total. The van der Waals surface area contributed by atoms with Gasteiger partial charge in [0.2, 0.25) is 5.95 Å². The molecule has 6 heteroatoms. The molecule has 0 saturated heterocycles. The van der Waals surface area contributed by atoms with E-state index in [1.54, 1.807) is 6.07 Å². The Morgan fingerprint density at radius 1 is 1.11 bits per heavy atom. The third-order valence-electron chi connectivity index (χ3n) is 2.79. The van der Waals surface area contributed by atoms with Gasteiger partial charge in [-0.15, -0.1) is 0 Å². The summed E-state index contributed by atoms with van der Waals surface area (Å²) in [4.78, 5) is 4.34. The first-order valence-corrected chi connectivity index (χ1v) is 7.41. The number of imidazole rings is 1. The number of benzene rings is 2. The van der Waals surface area contributed by atoms with Crippen molar-refractivity contribution in [2.24, 2.45) is 0 Å². The molecule has 0 unspecified atom stereocenters. The molecule has 19 heavy (non-hydrogen) atoms. The van der Waals surface area contributed by atoms with Crippen molar-refractivity contribution in [3.8, 4) is 5.69 Å². The number of hydrogen-bond acceptors (Lipinski definition) is 2. The van der Waals surface area contributed by atoms with Crippen LogP contribution in [0.4, 0.5) is 5.95 Å². The molecule has 96 valence electrons. The van der Waals surface area contributed by atoms with E-state index in [2.05, 4.69) is 36.8 Å². The summed E-state index contributed by atoms with van der Waals surface area (Å²) in [6.45, 7) is 0. The maximum Gasteiger partial charge on any atom is 0.205 e. The first-order valence-electron chi connectivity index (χ1n) is 5.45. The summed E-state index contributed by atoms with van der Waals surface area (Å²) in [5.41, 5.74) is 8.65. The van der Waals surface area contributed by atoms with Gasteiger partial charge in [0.05, 0.1) is 16.7 Å². The predicted octanol–water partition coefficient (Wildman–Crippen LogP) is 4.79. The highest BCUT2D eigenvalue weighted by Gasteiger charge is 2.13. The minimum Gasteiger partial charge on any atom is -0.369 e. The van der Waals surface area contributed by atoms with Crippen LogP contribution >= 0.6 is 43.5 Å². The number of nitrogens with zero attached hydrogens (tertiary/aromatic N) is 2. The number of rotatable bonds is 1. The molecule has 0 saturated carbocycles. The number of fused-ring (bicyclic) bond motifs is 1. The highest BCUT2D eigenvalue weighted by Crippen LogP contribution is 2.31. The van der Waals surface area contributed by atoms with Crippen molar-refractivity contribution in [1.82, 2.24) is 9.55 Å². The first-order chi connectivity index (χ1) is 9.06. The van der Waals surface area contributed by atoms with Crippen molar-refractivity contribution >= 4 is 60.4 Å². The first kappa shape index (κ1) is 13.0. The van der Waals surface area contributed by atoms with Gasteiger partial charge < -0.3 is 5.73 Å². The van der Waals surface area contributed by atoms with Crippen LogP contribution in [0.15, 0.2) is 45.3 Å². The molecule has 0 aliphatic heterocycles. The van der Waals surface area contributed by atoms with Crippen molar-refractivity contribution in [3.63, 3.8) is 0 Å². The maximum absolute atomic E-state index is 6.03. The molecule has 0 amide bonds. The Labute approximate surface area is 131 Å². The molecule has 3 rings (SSSR count). The van der Waals surface area contributed by atoms with Crippen LogP contribution in [0.1, 0.15) is 0 Å². The molecule has 1 heterocycles. The summed E-state index contributed by atoms with van der Waals surface area (Å²) < 4.78 is 3.80. The minimum absolute atomic E-state index is 0.427. The lowest BCUT2D eigenvalue weighted by Gasteiger charge is -2.09. The zero-order valence-corrected chi connectivity index (χ0v) is 13.5. The van der Waals surface area contributed by atoms with Crippen LogP contribution in [-0.4, -0.2) is 9.55 Å². The normalized spacial score (nSPS) is 11.1. The average molecular weight is 401 g/mol. The van der Waals surface area contributed by atoms with Crippen molar-refractivity contribution in [2.75, 3.05) is 5.73 Å². The summed E-state index contributed by atoms with van der Waals surface area (Å²) >= 11 is 13.0. The standard InChI is InChI=1S/C13H8Br2ClN3/c14-7-1-3-9(15)12(5-7)19-11-4-2-8(16)6-10(11)18-13(19)17/h1-6H,(H2,17,18). The summed E-state index contributed by atoms with van der Waals surface area (Å²) in [7, 11) is 0. The van der Waals surface area contributed by atoms with Crippen LogP contribution in [0.3, 0.4) is 0 Å². The average Bonchev–Trinajstić information content (AvgIpc) is 2.67. The number of anilines is 1. The Hall–Kier alpha value is -1.04. The Morgan fingerprint density at radius 2 is 1.89 bits per heavy atom. The van der Waals surface area contributed by atoms with Crippen molar-refractivity contribution in [1.29, 1.82) is 0 Å². The van der Waals surface area contributed by atoms with Gasteiger partial charge in [-0.05, 0) is 52.3 Å². The lowest BCUT2D eigenvalue weighted by atomic mass is 10.3. The van der Waals surface area contributed by atoms with Crippen LogP contribution in [-0.2, 0) is 0 Å². The van der Waals surface area contributed by atoms with Gasteiger partial charge >= 0.3 is 0 Å². The molecule has 0 bridgehead atoms. The number of aromatic nitrogens is 2. The van der Waals surface area contributed by atoms with Crippen LogP contribution in [0.5, 0.6) is 0 Å². The van der Waals surface area contributed by atoms with E-state index in [1.165, 1.54) is 0 Å². The van der Waals surface area contributed by atoms with E-state index in [0.717, 1.165) is 25.7 Å². The third-order valence-corrected chi connectivity index (χ3v) is 4.19. The largest absolute Gasteiger partial charge is 0.369 e. The van der Waals surface area contributed by atoms with Crippen molar-refractivity contribution in [2.45, 2.75) is 0 Å². The minimum atomic E-state index is 0.427. The summed E-state index contributed by atoms with van der Waals surface area (Å²) in [5, 5.41) is 0.644. The van der Waals surface area contributed by atoms with Crippen LogP contribution < -0.4 is 5.73 Å². The topological polar surface area (TPSA) is 43.8 Å². The SMILES string of the molecule is Nc1nc2cc(Cl)ccc2n1-c1cc(Br)ccc1Br. The van der Waals surface area contributed by atoms with Gasteiger partial charge in [0.1, 0.15) is 0 Å². The number of hydrogen-bond donors (Lipinski definition) is 1. The van der Waals surface area contributed by atoms with Gasteiger partial charge in [0.15, 0.2) is 0 Å². The number of nitrogen functional groups attached to an aromatic ring is 1. The molecular formula is C13H8Br2ClN3. The van der Waals surface area contributed by atoms with Crippen LogP contribution in [0, 0.1) is 0 Å². The molecule has 3 aromatic rings. The van der Waals surface area contributed by atoms with Crippen molar-refractivity contribution in [3.05, 3.63) is 50.4 Å². The van der Waals surface area contributed by atoms with E-state index in [9.17, 15) is 0 Å². The van der Waals surface area contributed by atoms with E-state index in [-0.39, 0.29) is 0 Å². The summed E-state index contributed by atoms with van der Waals surface area (Å²) in [5.74, 6) is 0.427. The third kappa shape index (κ3) is 2.26. The number of halogens is 3. The van der Waals surface area contributed by atoms with Gasteiger partial charge in [-0.3, -0.25) is 4.57 Å². The van der Waals surface area contributed by atoms with Crippen LogP contribution in [0.2, 0.25) is 5.02 Å². The van der Waals surface area contributed by atoms with Gasteiger partial charge in [0.25, 0.3) is 0 Å². The van der Waals surface area contributed by atoms with Gasteiger partial charge in [-0.2, -0.15) is 0 Å². The quantitative estimate of drug-likeness (QED) is 0.637. The molecule has 1 aromatic heterocycles. The highest BCUT2D eigenvalue weighted by molar-refractivity contribution is 9.11. The van der Waals surface area contributed by atoms with Crippen molar-refractivity contribution < 1.29 is 0 Å². The van der Waals surface area contributed by atoms with E-state index in [0.29, 0.717) is 11.0 Å². The predicted molar refractivity (Wildman–Crippen MR) is 85.9 cm³/mol. The molecule has 0 atom stereocenters. The lowest BCUT2D eigenvalue weighted by molar-refractivity contribution is 1.10. The van der Waals surface area contributed by atoms with Gasteiger partial charge in [-0.1, -0.05) is 27.5 Å². The highest BCUT2D eigenvalue weighted by atomic mass is 79.9. The Morgan fingerprint density at radius 3 is 2.68 bits per heavy atom. The lowest BCUT2D eigenvalue weighted by Crippen LogP contribution is -2.01. The maximum atomic E-state index is 6.03. The second kappa shape index (κ2) is 4.81. The zero-order chi connectivity index (χ0) is 13.6. The van der Waals surface area contributed by atoms with E-state index in [4.69, 9.17) is 17.3 Å². The van der Waals surface area contributed by atoms with E-state index in [1.807, 2.05) is 34.9 Å². The second-order valence-corrected chi connectivity index (χ2v) is 6.24. The fourth-order valence-corrected chi connectivity index (χ4v) is 2.92. The van der Waals surface area contributed by atoms with Gasteiger partial charge in [0, 0.05) is 14.0 Å². The molecule has 0 radical (unpaired) electrons. The molecular weight excluding hydrogens is 393 g/mol. The second-order valence-electron chi connectivity index (χ2n) is 4.03. The number of nitrogens with two attached hydrogens (primary N) is 1. The van der Waals surface area contributed by atoms with Crippen LogP contribution in [0.25, 0.3) is 16.7 Å². The fraction of sp³-hybridized carbons (Fsp3) is 0. The summed E-state index contributed by atoms with van der Waals surface area (Å²) in [6, 6.07) is 11.4. The summed E-state index contributed by atoms with van der Waals surface area (Å²) in [6.07, 6.45) is 0. The molecule has 0 spiro atoms. The molecule has 3 nitrogen and oxygen atoms in total. The Balaban J connectivity index is 2.36. The Bertz CT molecular complexity index is 783. The molecule has 2 aromatic carbocycles. The fourth-order valence-electron chi connectivity index (χ4n) is 1.98. The molecule has 0 aliphatic carbocycles. The zero-order valence-electron chi connectivity index (χ0n) is 9.57.